The summed E-state index contributed by atoms with van der Waals surface area (Å²) in [5.74, 6) is -0.0809. The van der Waals surface area contributed by atoms with Crippen LogP contribution in [-0.4, -0.2) is 47.4 Å². The molecular weight excluding hydrogens is 731 g/mol. The van der Waals surface area contributed by atoms with Crippen LogP contribution in [0.4, 0.5) is 0 Å². The summed E-state index contributed by atoms with van der Waals surface area (Å²) in [4.78, 5) is 24.4. The molecule has 350 valence electrons. The van der Waals surface area contributed by atoms with E-state index in [1.807, 2.05) is 0 Å². The average Bonchev–Trinajstić information content (AvgIpc) is 3.24. The van der Waals surface area contributed by atoms with Crippen molar-refractivity contribution in [3.63, 3.8) is 0 Å². The maximum Gasteiger partial charge on any atom is 0.305 e. The van der Waals surface area contributed by atoms with Gasteiger partial charge in [-0.25, -0.2) is 0 Å². The van der Waals surface area contributed by atoms with E-state index in [1.165, 1.54) is 180 Å². The fraction of sp³-hybridized carbons (Fsp3) is 0.925. The molecule has 0 radical (unpaired) electrons. The van der Waals surface area contributed by atoms with Crippen LogP contribution in [0.15, 0.2) is 12.2 Å². The molecule has 2 atom stereocenters. The minimum absolute atomic E-state index is 0.0225. The minimum Gasteiger partial charge on any atom is -0.466 e. The van der Waals surface area contributed by atoms with Gasteiger partial charge in [-0.1, -0.05) is 231 Å². The third-order valence-corrected chi connectivity index (χ3v) is 12.3. The fourth-order valence-electron chi connectivity index (χ4n) is 8.22. The molecule has 0 saturated carbocycles. The molecule has 0 saturated heterocycles. The number of hydrogen-bond acceptors (Lipinski definition) is 5. The van der Waals surface area contributed by atoms with Gasteiger partial charge >= 0.3 is 5.97 Å². The predicted octanol–water partition coefficient (Wildman–Crippen LogP) is 15.7. The Morgan fingerprint density at radius 1 is 0.458 bits per heavy atom. The largest absolute Gasteiger partial charge is 0.466 e. The minimum atomic E-state index is -0.679. The molecule has 0 heterocycles. The molecule has 6 nitrogen and oxygen atoms in total. The van der Waals surface area contributed by atoms with E-state index < -0.39 is 12.1 Å². The van der Waals surface area contributed by atoms with E-state index >= 15 is 0 Å². The molecule has 0 aliphatic rings. The number of aliphatic hydroxyl groups is 2. The Hall–Kier alpha value is -1.40. The van der Waals surface area contributed by atoms with E-state index in [-0.39, 0.29) is 18.5 Å². The molecule has 0 fully saturated rings. The smallest absolute Gasteiger partial charge is 0.305 e. The summed E-state index contributed by atoms with van der Waals surface area (Å²) in [6, 6.07) is -0.559. The number of aliphatic hydroxyl groups excluding tert-OH is 2. The molecule has 0 aliphatic carbocycles. The van der Waals surface area contributed by atoms with Gasteiger partial charge in [-0.15, -0.1) is 0 Å². The van der Waals surface area contributed by atoms with Gasteiger partial charge in [-0.3, -0.25) is 9.59 Å². The van der Waals surface area contributed by atoms with Crippen LogP contribution in [0.1, 0.15) is 290 Å². The topological polar surface area (TPSA) is 95.9 Å². The molecule has 3 N–H and O–H groups in total. The summed E-state index contributed by atoms with van der Waals surface area (Å²) in [7, 11) is 0. The third-order valence-electron chi connectivity index (χ3n) is 12.3. The van der Waals surface area contributed by atoms with Gasteiger partial charge in [0.15, 0.2) is 0 Å². The van der Waals surface area contributed by atoms with Crippen LogP contribution < -0.4 is 5.32 Å². The monoisotopic (exact) mass is 834 g/mol. The van der Waals surface area contributed by atoms with Gasteiger partial charge in [-0.05, 0) is 57.8 Å². The van der Waals surface area contributed by atoms with E-state index in [4.69, 9.17) is 4.74 Å². The molecule has 0 aliphatic heterocycles. The molecule has 0 aromatic carbocycles. The Morgan fingerprint density at radius 2 is 0.797 bits per heavy atom. The van der Waals surface area contributed by atoms with Crippen molar-refractivity contribution in [2.45, 2.75) is 302 Å². The normalized spacial score (nSPS) is 12.7. The zero-order valence-electron chi connectivity index (χ0n) is 39.7. The summed E-state index contributed by atoms with van der Waals surface area (Å²) >= 11 is 0. The Balaban J connectivity index is 3.50. The van der Waals surface area contributed by atoms with Gasteiger partial charge in [-0.2, -0.15) is 0 Å². The van der Waals surface area contributed by atoms with Crippen LogP contribution >= 0.6 is 0 Å². The standard InChI is InChI=1S/C53H103NO5/c1-3-5-7-9-11-13-15-16-17-18-19-20-21-22-26-29-33-37-41-45-51(56)50(49-55)54-52(57)46-42-38-34-30-27-23-24-28-32-36-40-44-48-59-53(58)47-43-39-35-31-25-14-12-10-8-6-4-2/h24,28,50-51,55-56H,3-23,25-27,29-49H2,1-2H3,(H,54,57)/b28-24-. The van der Waals surface area contributed by atoms with Crippen LogP contribution in [0.25, 0.3) is 0 Å². The number of ether oxygens (including phenoxy) is 1. The van der Waals surface area contributed by atoms with Gasteiger partial charge in [0.2, 0.25) is 5.91 Å². The third kappa shape index (κ3) is 45.9. The first kappa shape index (κ1) is 57.6. The van der Waals surface area contributed by atoms with Gasteiger partial charge < -0.3 is 20.3 Å². The highest BCUT2D eigenvalue weighted by Gasteiger charge is 2.20. The molecule has 1 amide bonds. The van der Waals surface area contributed by atoms with Crippen molar-refractivity contribution in [3.05, 3.63) is 12.2 Å². The molecule has 0 bridgehead atoms. The van der Waals surface area contributed by atoms with Crippen LogP contribution in [0, 0.1) is 0 Å². The van der Waals surface area contributed by atoms with E-state index in [0.717, 1.165) is 77.0 Å². The SMILES string of the molecule is CCCCCCCCCCCCCCCCCCCCCC(O)C(CO)NC(=O)CCCCCCC/C=C\CCCCCOC(=O)CCCCCCCCCCCCC. The molecule has 0 aromatic heterocycles. The van der Waals surface area contributed by atoms with Crippen molar-refractivity contribution in [2.24, 2.45) is 0 Å². The highest BCUT2D eigenvalue weighted by Crippen LogP contribution is 2.17. The molecule has 2 unspecified atom stereocenters. The van der Waals surface area contributed by atoms with E-state index in [9.17, 15) is 19.8 Å². The first-order valence-electron chi connectivity index (χ1n) is 26.4. The zero-order chi connectivity index (χ0) is 43.0. The van der Waals surface area contributed by atoms with Crippen LogP contribution in [0.3, 0.4) is 0 Å². The number of carbonyl (C=O) groups is 2. The first-order valence-corrected chi connectivity index (χ1v) is 26.4. The lowest BCUT2D eigenvalue weighted by atomic mass is 10.0. The second kappa shape index (κ2) is 49.3. The molecular formula is C53H103NO5. The van der Waals surface area contributed by atoms with Crippen LogP contribution in [0.5, 0.6) is 0 Å². The Bertz CT molecular complexity index is 878. The highest BCUT2D eigenvalue weighted by atomic mass is 16.5. The van der Waals surface area contributed by atoms with Crippen molar-refractivity contribution in [1.82, 2.24) is 5.32 Å². The van der Waals surface area contributed by atoms with Crippen molar-refractivity contribution in [2.75, 3.05) is 13.2 Å². The number of esters is 1. The first-order chi connectivity index (χ1) is 29.0. The van der Waals surface area contributed by atoms with E-state index in [1.54, 1.807) is 0 Å². The van der Waals surface area contributed by atoms with Gasteiger partial charge in [0.25, 0.3) is 0 Å². The van der Waals surface area contributed by atoms with Gasteiger partial charge in [0.1, 0.15) is 0 Å². The number of amides is 1. The summed E-state index contributed by atoms with van der Waals surface area (Å²) in [5, 5.41) is 23.3. The maximum absolute atomic E-state index is 12.5. The second-order valence-electron chi connectivity index (χ2n) is 18.2. The fourth-order valence-corrected chi connectivity index (χ4v) is 8.22. The van der Waals surface area contributed by atoms with Crippen molar-refractivity contribution >= 4 is 11.9 Å². The molecule has 0 aromatic rings. The predicted molar refractivity (Wildman–Crippen MR) is 255 cm³/mol. The Morgan fingerprint density at radius 3 is 1.20 bits per heavy atom. The van der Waals surface area contributed by atoms with Crippen molar-refractivity contribution in [3.8, 4) is 0 Å². The van der Waals surface area contributed by atoms with Crippen molar-refractivity contribution < 1.29 is 24.5 Å². The van der Waals surface area contributed by atoms with E-state index in [2.05, 4.69) is 31.3 Å². The highest BCUT2D eigenvalue weighted by molar-refractivity contribution is 5.76. The lowest BCUT2D eigenvalue weighted by Gasteiger charge is -2.22. The van der Waals surface area contributed by atoms with Crippen molar-refractivity contribution in [1.29, 1.82) is 0 Å². The summed E-state index contributed by atoms with van der Waals surface area (Å²) in [6.45, 7) is 4.90. The Kier molecular flexibility index (Phi) is 48.1. The zero-order valence-corrected chi connectivity index (χ0v) is 39.7. The number of nitrogens with one attached hydrogen (secondary N) is 1. The maximum atomic E-state index is 12.5. The quantitative estimate of drug-likeness (QED) is 0.0322. The number of hydrogen-bond donors (Lipinski definition) is 3. The Labute approximate surface area is 368 Å². The summed E-state index contributed by atoms with van der Waals surface area (Å²) < 4.78 is 5.43. The number of carbonyl (C=O) groups excluding carboxylic acids is 2. The van der Waals surface area contributed by atoms with Gasteiger partial charge in [0, 0.05) is 12.8 Å². The summed E-state index contributed by atoms with van der Waals surface area (Å²) in [6.07, 6.45) is 56.1. The van der Waals surface area contributed by atoms with Crippen LogP contribution in [-0.2, 0) is 14.3 Å². The molecule has 59 heavy (non-hydrogen) atoms. The number of unbranched alkanes of at least 4 members (excludes halogenated alkanes) is 36. The van der Waals surface area contributed by atoms with E-state index in [0.29, 0.717) is 25.9 Å². The second-order valence-corrected chi connectivity index (χ2v) is 18.2. The average molecular weight is 834 g/mol. The summed E-state index contributed by atoms with van der Waals surface area (Å²) in [5.41, 5.74) is 0. The number of allylic oxidation sites excluding steroid dienone is 2. The number of rotatable bonds is 49. The molecule has 0 rings (SSSR count). The van der Waals surface area contributed by atoms with Crippen LogP contribution in [0.2, 0.25) is 0 Å². The van der Waals surface area contributed by atoms with Gasteiger partial charge in [0.05, 0.1) is 25.4 Å². The lowest BCUT2D eigenvalue weighted by molar-refractivity contribution is -0.143. The molecule has 6 heteroatoms. The lowest BCUT2D eigenvalue weighted by Crippen LogP contribution is -2.45. The molecule has 0 spiro atoms.